The van der Waals surface area contributed by atoms with Crippen molar-refractivity contribution in [2.45, 2.75) is 26.8 Å². The zero-order valence-corrected chi connectivity index (χ0v) is 14.0. The summed E-state index contributed by atoms with van der Waals surface area (Å²) in [5.74, 6) is 0.579. The smallest absolute Gasteiger partial charge is 0.244 e. The molecule has 5 nitrogen and oxygen atoms in total. The molecule has 0 saturated heterocycles. The molecule has 1 aliphatic rings. The van der Waals surface area contributed by atoms with Gasteiger partial charge >= 0.3 is 0 Å². The topological polar surface area (TPSA) is 69.0 Å². The van der Waals surface area contributed by atoms with Crippen LogP contribution in [-0.2, 0) is 17.8 Å². The highest BCUT2D eigenvalue weighted by molar-refractivity contribution is 7.10. The van der Waals surface area contributed by atoms with Gasteiger partial charge in [0.2, 0.25) is 5.91 Å². The number of fused-ring (bicyclic) bond motifs is 1. The number of aromatic nitrogens is 1. The van der Waals surface area contributed by atoms with Crippen LogP contribution >= 0.6 is 11.3 Å². The molecule has 0 saturated carbocycles. The van der Waals surface area contributed by atoms with E-state index in [1.807, 2.05) is 29.5 Å². The number of nitrogens with zero attached hydrogens (tertiary/aromatic N) is 3. The Kier molecular flexibility index (Phi) is 4.05. The van der Waals surface area contributed by atoms with E-state index in [1.165, 1.54) is 10.4 Å². The molecule has 1 N–H and O–H groups in total. The van der Waals surface area contributed by atoms with Crippen LogP contribution < -0.4 is 10.2 Å². The largest absolute Gasteiger partial charge is 0.352 e. The zero-order valence-electron chi connectivity index (χ0n) is 13.2. The first-order valence-electron chi connectivity index (χ1n) is 7.48. The van der Waals surface area contributed by atoms with Gasteiger partial charge in [-0.3, -0.25) is 4.79 Å². The third kappa shape index (κ3) is 3.20. The molecule has 0 spiro atoms. The number of carbonyl (C=O) groups is 1. The number of nitriles is 1. The van der Waals surface area contributed by atoms with E-state index in [-0.39, 0.29) is 5.91 Å². The van der Waals surface area contributed by atoms with Crippen LogP contribution in [0.2, 0.25) is 0 Å². The first kappa shape index (κ1) is 15.5. The van der Waals surface area contributed by atoms with Gasteiger partial charge < -0.3 is 10.2 Å². The summed E-state index contributed by atoms with van der Waals surface area (Å²) in [4.78, 5) is 20.1. The minimum atomic E-state index is -1.05. The third-order valence-electron chi connectivity index (χ3n) is 3.98. The molecular formula is C17H18N4OS. The Morgan fingerprint density at radius 1 is 1.43 bits per heavy atom. The predicted octanol–water partition coefficient (Wildman–Crippen LogP) is 3.19. The average Bonchev–Trinajstić information content (AvgIpc) is 3.03. The van der Waals surface area contributed by atoms with Crippen molar-refractivity contribution in [1.29, 1.82) is 5.26 Å². The van der Waals surface area contributed by atoms with Crippen molar-refractivity contribution in [1.82, 2.24) is 4.98 Å². The zero-order chi connectivity index (χ0) is 16.4. The highest BCUT2D eigenvalue weighted by Crippen LogP contribution is 2.27. The summed E-state index contributed by atoms with van der Waals surface area (Å²) in [6.45, 7) is 5.01. The molecule has 0 fully saturated rings. The van der Waals surface area contributed by atoms with Crippen molar-refractivity contribution < 1.29 is 4.79 Å². The summed E-state index contributed by atoms with van der Waals surface area (Å²) < 4.78 is 0. The molecular weight excluding hydrogens is 308 g/mol. The molecule has 1 aliphatic heterocycles. The van der Waals surface area contributed by atoms with Gasteiger partial charge in [-0.2, -0.15) is 5.26 Å². The molecule has 118 valence electrons. The maximum atomic E-state index is 12.0. The van der Waals surface area contributed by atoms with Crippen molar-refractivity contribution in [3.8, 4) is 6.07 Å². The van der Waals surface area contributed by atoms with E-state index in [0.29, 0.717) is 5.69 Å². The number of hydrogen-bond acceptors (Lipinski definition) is 5. The van der Waals surface area contributed by atoms with Crippen LogP contribution in [0.1, 0.15) is 24.3 Å². The number of nitrogens with one attached hydrogen (secondary N) is 1. The molecule has 0 aliphatic carbocycles. The molecule has 1 amide bonds. The van der Waals surface area contributed by atoms with Crippen LogP contribution in [-0.4, -0.2) is 17.4 Å². The Balaban J connectivity index is 1.69. The number of pyridine rings is 1. The second-order valence-electron chi connectivity index (χ2n) is 6.14. The maximum Gasteiger partial charge on any atom is 0.244 e. The van der Waals surface area contributed by atoms with Crippen molar-refractivity contribution in [3.05, 3.63) is 40.2 Å². The highest BCUT2D eigenvalue weighted by Gasteiger charge is 2.27. The molecule has 2 aromatic heterocycles. The molecule has 6 heteroatoms. The van der Waals surface area contributed by atoms with Gasteiger partial charge in [-0.05, 0) is 49.4 Å². The average molecular weight is 326 g/mol. The Morgan fingerprint density at radius 2 is 2.26 bits per heavy atom. The first-order chi connectivity index (χ1) is 11.0. The number of rotatable bonds is 3. The summed E-state index contributed by atoms with van der Waals surface area (Å²) in [6.07, 6.45) is 2.69. The van der Waals surface area contributed by atoms with Gasteiger partial charge in [-0.15, -0.1) is 11.3 Å². The van der Waals surface area contributed by atoms with Gasteiger partial charge in [-0.25, -0.2) is 4.98 Å². The first-order valence-corrected chi connectivity index (χ1v) is 8.36. The Hall–Kier alpha value is -2.39. The minimum Gasteiger partial charge on any atom is -0.352 e. The lowest BCUT2D eigenvalue weighted by atomic mass is 9.95. The molecule has 0 bridgehead atoms. The number of carbonyl (C=O) groups excluding carboxylic acids is 1. The summed E-state index contributed by atoms with van der Waals surface area (Å²) >= 11 is 1.82. The number of amides is 1. The second kappa shape index (κ2) is 6.01. The summed E-state index contributed by atoms with van der Waals surface area (Å²) in [5.41, 5.74) is 0.924. The normalized spacial score (nSPS) is 14.0. The van der Waals surface area contributed by atoms with Gasteiger partial charge in [0, 0.05) is 18.0 Å². The molecule has 0 aromatic carbocycles. The van der Waals surface area contributed by atoms with E-state index in [4.69, 9.17) is 5.26 Å². The van der Waals surface area contributed by atoms with Crippen LogP contribution in [0, 0.1) is 16.7 Å². The van der Waals surface area contributed by atoms with Crippen LogP contribution in [0.15, 0.2) is 29.8 Å². The summed E-state index contributed by atoms with van der Waals surface area (Å²) in [7, 11) is 0. The molecule has 23 heavy (non-hydrogen) atoms. The monoisotopic (exact) mass is 326 g/mol. The fourth-order valence-electron chi connectivity index (χ4n) is 2.43. The summed E-state index contributed by atoms with van der Waals surface area (Å²) in [5, 5.41) is 13.9. The predicted molar refractivity (Wildman–Crippen MR) is 91.3 cm³/mol. The number of thiophene rings is 1. The third-order valence-corrected chi connectivity index (χ3v) is 5.01. The van der Waals surface area contributed by atoms with Gasteiger partial charge in [0.05, 0.1) is 18.0 Å². The summed E-state index contributed by atoms with van der Waals surface area (Å²) in [6, 6.07) is 7.90. The Morgan fingerprint density at radius 3 is 2.96 bits per heavy atom. The van der Waals surface area contributed by atoms with Crippen molar-refractivity contribution in [3.63, 3.8) is 0 Å². The lowest BCUT2D eigenvalue weighted by Crippen LogP contribution is -2.30. The number of anilines is 2. The van der Waals surface area contributed by atoms with Gasteiger partial charge in [0.25, 0.3) is 0 Å². The fraction of sp³-hybridized carbons (Fsp3) is 0.353. The minimum absolute atomic E-state index is 0.324. The van der Waals surface area contributed by atoms with E-state index >= 15 is 0 Å². The molecule has 0 radical (unpaired) electrons. The van der Waals surface area contributed by atoms with Crippen molar-refractivity contribution >= 4 is 28.7 Å². The van der Waals surface area contributed by atoms with Crippen molar-refractivity contribution in [2.75, 3.05) is 16.8 Å². The standard InChI is InChI=1S/C17H18N4OS/c1-17(2,11-18)16(22)20-13-3-4-15(19-9-13)21-7-5-14-12(10-21)6-8-23-14/h3-4,6,8-9H,5,7,10H2,1-2H3,(H,20,22). The van der Waals surface area contributed by atoms with E-state index in [1.54, 1.807) is 20.0 Å². The number of hydrogen-bond donors (Lipinski definition) is 1. The lowest BCUT2D eigenvalue weighted by Gasteiger charge is -2.28. The highest BCUT2D eigenvalue weighted by atomic mass is 32.1. The molecule has 0 atom stereocenters. The Bertz CT molecular complexity index is 758. The maximum absolute atomic E-state index is 12.0. The van der Waals surface area contributed by atoms with Gasteiger partial charge in [0.1, 0.15) is 11.2 Å². The quantitative estimate of drug-likeness (QED) is 0.940. The molecule has 3 heterocycles. The van der Waals surface area contributed by atoms with E-state index in [9.17, 15) is 4.79 Å². The van der Waals surface area contributed by atoms with Crippen LogP contribution in [0.3, 0.4) is 0 Å². The van der Waals surface area contributed by atoms with E-state index < -0.39 is 5.41 Å². The van der Waals surface area contributed by atoms with Crippen LogP contribution in [0.5, 0.6) is 0 Å². The Labute approximate surface area is 139 Å². The van der Waals surface area contributed by atoms with Crippen molar-refractivity contribution in [2.24, 2.45) is 5.41 Å². The molecule has 3 rings (SSSR count). The van der Waals surface area contributed by atoms with Gasteiger partial charge in [0.15, 0.2) is 0 Å². The SMILES string of the molecule is CC(C)(C#N)C(=O)Nc1ccc(N2CCc3sccc3C2)nc1. The molecule has 0 unspecified atom stereocenters. The van der Waals surface area contributed by atoms with Gasteiger partial charge in [-0.1, -0.05) is 0 Å². The fourth-order valence-corrected chi connectivity index (χ4v) is 3.32. The van der Waals surface area contributed by atoms with E-state index in [0.717, 1.165) is 25.3 Å². The lowest BCUT2D eigenvalue weighted by molar-refractivity contribution is -0.121. The van der Waals surface area contributed by atoms with Crippen LogP contribution in [0.25, 0.3) is 0 Å². The van der Waals surface area contributed by atoms with E-state index in [2.05, 4.69) is 26.6 Å². The molecule has 2 aromatic rings. The van der Waals surface area contributed by atoms with Crippen LogP contribution in [0.4, 0.5) is 11.5 Å². The second-order valence-corrected chi connectivity index (χ2v) is 7.14.